The molecule has 0 aliphatic carbocycles. The number of rotatable bonds is 3. The summed E-state index contributed by atoms with van der Waals surface area (Å²) in [6.45, 7) is 11.5. The predicted octanol–water partition coefficient (Wildman–Crippen LogP) is 0.904. The number of nitrogens with zero attached hydrogens (tertiary/aromatic N) is 4. The first kappa shape index (κ1) is 11.5. The van der Waals surface area contributed by atoms with Gasteiger partial charge < -0.3 is 4.42 Å². The molecule has 0 unspecified atom stereocenters. The molecule has 1 aromatic rings. The maximum absolute atomic E-state index is 5.38. The van der Waals surface area contributed by atoms with E-state index in [1.54, 1.807) is 0 Å². The highest BCUT2D eigenvalue weighted by molar-refractivity contribution is 4.82. The third-order valence-corrected chi connectivity index (χ3v) is 3.06. The van der Waals surface area contributed by atoms with Gasteiger partial charge in [-0.3, -0.25) is 9.80 Å². The quantitative estimate of drug-likeness (QED) is 0.763. The number of aryl methyl sites for hydroxylation is 1. The van der Waals surface area contributed by atoms with E-state index < -0.39 is 0 Å². The zero-order valence-corrected chi connectivity index (χ0v) is 10.3. The first-order chi connectivity index (χ1) is 7.65. The van der Waals surface area contributed by atoms with Crippen molar-refractivity contribution in [3.05, 3.63) is 11.8 Å². The Labute approximate surface area is 96.4 Å². The van der Waals surface area contributed by atoms with Crippen LogP contribution in [0.1, 0.15) is 25.6 Å². The lowest BCUT2D eigenvalue weighted by atomic mass is 10.2. The fraction of sp³-hybridized carbons (Fsp3) is 0.818. The second kappa shape index (κ2) is 4.93. The van der Waals surface area contributed by atoms with Gasteiger partial charge in [-0.25, -0.2) is 0 Å². The molecule has 90 valence electrons. The van der Waals surface area contributed by atoms with E-state index in [1.807, 2.05) is 6.92 Å². The Balaban J connectivity index is 1.81. The lowest BCUT2D eigenvalue weighted by molar-refractivity contribution is 0.0976. The Hall–Kier alpha value is -0.940. The predicted molar refractivity (Wildman–Crippen MR) is 61.0 cm³/mol. The molecule has 0 amide bonds. The summed E-state index contributed by atoms with van der Waals surface area (Å²) in [5, 5.41) is 7.86. The maximum Gasteiger partial charge on any atom is 0.230 e. The van der Waals surface area contributed by atoms with Gasteiger partial charge in [0.15, 0.2) is 0 Å². The molecule has 0 N–H and O–H groups in total. The van der Waals surface area contributed by atoms with E-state index in [9.17, 15) is 0 Å². The lowest BCUT2D eigenvalue weighted by Crippen LogP contribution is -2.48. The van der Waals surface area contributed by atoms with Crippen molar-refractivity contribution in [3.63, 3.8) is 0 Å². The van der Waals surface area contributed by atoms with E-state index in [0.29, 0.717) is 11.9 Å². The fourth-order valence-electron chi connectivity index (χ4n) is 2.03. The largest absolute Gasteiger partial charge is 0.424 e. The van der Waals surface area contributed by atoms with E-state index in [1.165, 1.54) is 0 Å². The van der Waals surface area contributed by atoms with Crippen LogP contribution < -0.4 is 0 Å². The fourth-order valence-corrected chi connectivity index (χ4v) is 2.03. The van der Waals surface area contributed by atoms with Crippen LogP contribution in [-0.2, 0) is 6.54 Å². The second-order valence-corrected chi connectivity index (χ2v) is 4.62. The minimum atomic E-state index is 0.646. The summed E-state index contributed by atoms with van der Waals surface area (Å²) in [5.41, 5.74) is 0. The van der Waals surface area contributed by atoms with Crippen molar-refractivity contribution in [1.82, 2.24) is 20.0 Å². The molecular weight excluding hydrogens is 204 g/mol. The van der Waals surface area contributed by atoms with Crippen molar-refractivity contribution in [2.75, 3.05) is 26.2 Å². The molecular formula is C11H20N4O. The molecule has 0 bridgehead atoms. The molecule has 0 aromatic carbocycles. The highest BCUT2D eigenvalue weighted by Gasteiger charge is 2.19. The highest BCUT2D eigenvalue weighted by Crippen LogP contribution is 2.09. The smallest absolute Gasteiger partial charge is 0.230 e. The van der Waals surface area contributed by atoms with Crippen molar-refractivity contribution in [3.8, 4) is 0 Å². The summed E-state index contributed by atoms with van der Waals surface area (Å²) >= 11 is 0. The van der Waals surface area contributed by atoms with Gasteiger partial charge >= 0.3 is 0 Å². The van der Waals surface area contributed by atoms with E-state index in [0.717, 1.165) is 38.6 Å². The van der Waals surface area contributed by atoms with E-state index in [4.69, 9.17) is 4.42 Å². The van der Waals surface area contributed by atoms with Gasteiger partial charge in [0.2, 0.25) is 11.8 Å². The van der Waals surface area contributed by atoms with Crippen LogP contribution in [0.5, 0.6) is 0 Å². The molecule has 1 fully saturated rings. The standard InChI is InChI=1S/C11H20N4O/c1-9(2)15-6-4-14(5-7-15)8-11-13-12-10(3)16-11/h9H,4-8H2,1-3H3. The van der Waals surface area contributed by atoms with Crippen molar-refractivity contribution in [2.45, 2.75) is 33.4 Å². The van der Waals surface area contributed by atoms with Crippen molar-refractivity contribution in [2.24, 2.45) is 0 Å². The van der Waals surface area contributed by atoms with Crippen LogP contribution in [0.3, 0.4) is 0 Å². The molecule has 0 saturated carbocycles. The topological polar surface area (TPSA) is 45.4 Å². The summed E-state index contributed by atoms with van der Waals surface area (Å²) in [6.07, 6.45) is 0. The maximum atomic E-state index is 5.38. The Morgan fingerprint density at radius 2 is 1.88 bits per heavy atom. The summed E-state index contributed by atoms with van der Waals surface area (Å²) in [4.78, 5) is 4.86. The third kappa shape index (κ3) is 2.80. The number of piperazine rings is 1. The van der Waals surface area contributed by atoms with Gasteiger partial charge in [0.05, 0.1) is 6.54 Å². The Kier molecular flexibility index (Phi) is 3.56. The molecule has 1 aliphatic heterocycles. The first-order valence-corrected chi connectivity index (χ1v) is 5.90. The van der Waals surface area contributed by atoms with Crippen molar-refractivity contribution < 1.29 is 4.42 Å². The molecule has 0 spiro atoms. The average Bonchev–Trinajstić information content (AvgIpc) is 2.65. The molecule has 0 atom stereocenters. The molecule has 1 aromatic heterocycles. The summed E-state index contributed by atoms with van der Waals surface area (Å²) in [6, 6.07) is 0.646. The SMILES string of the molecule is Cc1nnc(CN2CCN(C(C)C)CC2)o1. The van der Waals surface area contributed by atoms with Crippen LogP contribution in [0, 0.1) is 6.92 Å². The van der Waals surface area contributed by atoms with Crippen LogP contribution in [0.2, 0.25) is 0 Å². The van der Waals surface area contributed by atoms with Gasteiger partial charge in [0, 0.05) is 39.1 Å². The zero-order valence-electron chi connectivity index (χ0n) is 10.3. The number of hydrogen-bond donors (Lipinski definition) is 0. The van der Waals surface area contributed by atoms with Crippen LogP contribution in [-0.4, -0.2) is 52.2 Å². The van der Waals surface area contributed by atoms with Crippen LogP contribution in [0.4, 0.5) is 0 Å². The molecule has 1 aliphatic rings. The molecule has 2 rings (SSSR count). The van der Waals surface area contributed by atoms with Crippen molar-refractivity contribution >= 4 is 0 Å². The molecule has 0 radical (unpaired) electrons. The number of hydrogen-bond acceptors (Lipinski definition) is 5. The van der Waals surface area contributed by atoms with E-state index in [-0.39, 0.29) is 0 Å². The van der Waals surface area contributed by atoms with Crippen LogP contribution >= 0.6 is 0 Å². The lowest BCUT2D eigenvalue weighted by Gasteiger charge is -2.36. The minimum Gasteiger partial charge on any atom is -0.424 e. The van der Waals surface area contributed by atoms with E-state index in [2.05, 4.69) is 33.8 Å². The first-order valence-electron chi connectivity index (χ1n) is 5.90. The van der Waals surface area contributed by atoms with Gasteiger partial charge in [-0.2, -0.15) is 0 Å². The van der Waals surface area contributed by atoms with E-state index >= 15 is 0 Å². The van der Waals surface area contributed by atoms with Crippen LogP contribution in [0.15, 0.2) is 4.42 Å². The Morgan fingerprint density at radius 1 is 1.19 bits per heavy atom. The van der Waals surface area contributed by atoms with Crippen molar-refractivity contribution in [1.29, 1.82) is 0 Å². The molecule has 5 nitrogen and oxygen atoms in total. The zero-order chi connectivity index (χ0) is 11.5. The molecule has 1 saturated heterocycles. The van der Waals surface area contributed by atoms with Gasteiger partial charge in [0.1, 0.15) is 0 Å². The van der Waals surface area contributed by atoms with Gasteiger partial charge in [-0.15, -0.1) is 10.2 Å². The average molecular weight is 224 g/mol. The summed E-state index contributed by atoms with van der Waals surface area (Å²) in [5.74, 6) is 1.38. The van der Waals surface area contributed by atoms with Gasteiger partial charge in [-0.1, -0.05) is 0 Å². The summed E-state index contributed by atoms with van der Waals surface area (Å²) in [7, 11) is 0. The second-order valence-electron chi connectivity index (χ2n) is 4.62. The van der Waals surface area contributed by atoms with Gasteiger partial charge in [-0.05, 0) is 13.8 Å². The van der Waals surface area contributed by atoms with Crippen LogP contribution in [0.25, 0.3) is 0 Å². The highest BCUT2D eigenvalue weighted by atomic mass is 16.4. The Bertz CT molecular complexity index is 328. The normalized spacial score (nSPS) is 19.5. The third-order valence-electron chi connectivity index (χ3n) is 3.06. The van der Waals surface area contributed by atoms with Gasteiger partial charge in [0.25, 0.3) is 0 Å². The molecule has 16 heavy (non-hydrogen) atoms. The monoisotopic (exact) mass is 224 g/mol. The Morgan fingerprint density at radius 3 is 2.38 bits per heavy atom. The minimum absolute atomic E-state index is 0.646. The molecule has 5 heteroatoms. The molecule has 2 heterocycles. The number of aromatic nitrogens is 2. The summed E-state index contributed by atoms with van der Waals surface area (Å²) < 4.78 is 5.38.